The minimum atomic E-state index is -1.20. The Morgan fingerprint density at radius 3 is 2.40 bits per heavy atom. The number of hydrogen-bond acceptors (Lipinski definition) is 4. The highest BCUT2D eigenvalue weighted by Gasteiger charge is 2.44. The molecule has 1 aliphatic rings. The molecule has 2 N–H and O–H groups in total. The van der Waals surface area contributed by atoms with Crippen molar-refractivity contribution >= 4 is 11.9 Å². The lowest BCUT2D eigenvalue weighted by molar-refractivity contribution is -0.143. The summed E-state index contributed by atoms with van der Waals surface area (Å²) >= 11 is 0. The highest BCUT2D eigenvalue weighted by molar-refractivity contribution is 5.93. The van der Waals surface area contributed by atoms with Crippen molar-refractivity contribution < 1.29 is 28.9 Å². The van der Waals surface area contributed by atoms with Gasteiger partial charge in [0.05, 0.1) is 12.5 Å². The number of aromatic hydroxyl groups is 1. The first-order valence-corrected chi connectivity index (χ1v) is 6.27. The lowest BCUT2D eigenvalue weighted by atomic mass is 9.78. The number of hydrogen-bond donors (Lipinski definition) is 2. The molecule has 0 spiro atoms. The van der Waals surface area contributed by atoms with E-state index in [1.54, 1.807) is 0 Å². The molecule has 1 aliphatic carbocycles. The van der Waals surface area contributed by atoms with E-state index in [1.807, 2.05) is 0 Å². The zero-order chi connectivity index (χ0) is 14.9. The molecule has 0 aromatic heterocycles. The van der Waals surface area contributed by atoms with Crippen LogP contribution in [0.15, 0.2) is 12.1 Å². The van der Waals surface area contributed by atoms with Gasteiger partial charge in [-0.1, -0.05) is 12.8 Å². The molecule has 20 heavy (non-hydrogen) atoms. The Hall–Kier alpha value is -2.11. The fraction of sp³-hybridized carbons (Fsp3) is 0.429. The largest absolute Gasteiger partial charge is 0.504 e. The standard InChI is InChI=1S/C14H15FO5/c1-20-12(17)9-6-8(7-10(15)11(9)16)14(13(18)19)4-2-3-5-14/h6-7,16H,2-5H2,1H3,(H,18,19). The molecule has 1 aromatic carbocycles. The van der Waals surface area contributed by atoms with Gasteiger partial charge < -0.3 is 14.9 Å². The highest BCUT2D eigenvalue weighted by atomic mass is 19.1. The van der Waals surface area contributed by atoms with Gasteiger partial charge in [0.2, 0.25) is 0 Å². The number of carbonyl (C=O) groups is 2. The van der Waals surface area contributed by atoms with Gasteiger partial charge >= 0.3 is 11.9 Å². The number of carboxylic acid groups (broad SMARTS) is 1. The average Bonchev–Trinajstić information content (AvgIpc) is 2.91. The maximum Gasteiger partial charge on any atom is 0.341 e. The molecule has 0 atom stereocenters. The molecule has 5 nitrogen and oxygen atoms in total. The molecule has 0 aliphatic heterocycles. The number of esters is 1. The van der Waals surface area contributed by atoms with Crippen molar-refractivity contribution in [3.63, 3.8) is 0 Å². The van der Waals surface area contributed by atoms with Crippen molar-refractivity contribution in [2.24, 2.45) is 0 Å². The maximum atomic E-state index is 13.8. The van der Waals surface area contributed by atoms with Gasteiger partial charge in [-0.15, -0.1) is 0 Å². The second kappa shape index (κ2) is 5.11. The molecule has 0 radical (unpaired) electrons. The van der Waals surface area contributed by atoms with Crippen LogP contribution < -0.4 is 0 Å². The molecule has 6 heteroatoms. The van der Waals surface area contributed by atoms with Gasteiger partial charge in [-0.3, -0.25) is 4.79 Å². The third kappa shape index (κ3) is 2.11. The molecule has 1 fully saturated rings. The molecule has 1 aromatic rings. The van der Waals surface area contributed by atoms with Gasteiger partial charge in [0.25, 0.3) is 0 Å². The quantitative estimate of drug-likeness (QED) is 0.830. The molecular weight excluding hydrogens is 267 g/mol. The predicted octanol–water partition coefficient (Wildman–Crippen LogP) is 2.21. The van der Waals surface area contributed by atoms with Gasteiger partial charge in [0.1, 0.15) is 5.56 Å². The molecular formula is C14H15FO5. The lowest BCUT2D eigenvalue weighted by Crippen LogP contribution is -2.33. The fourth-order valence-electron chi connectivity index (χ4n) is 2.75. The van der Waals surface area contributed by atoms with E-state index in [4.69, 9.17) is 0 Å². The molecule has 0 unspecified atom stereocenters. The Morgan fingerprint density at radius 1 is 1.30 bits per heavy atom. The van der Waals surface area contributed by atoms with Crippen molar-refractivity contribution in [1.82, 2.24) is 0 Å². The minimum Gasteiger partial charge on any atom is -0.504 e. The van der Waals surface area contributed by atoms with Crippen LogP contribution >= 0.6 is 0 Å². The van der Waals surface area contributed by atoms with Crippen LogP contribution in [-0.2, 0) is 14.9 Å². The molecule has 2 rings (SSSR count). The van der Waals surface area contributed by atoms with Crippen molar-refractivity contribution in [3.8, 4) is 5.75 Å². The van der Waals surface area contributed by atoms with E-state index in [-0.39, 0.29) is 11.1 Å². The van der Waals surface area contributed by atoms with Crippen molar-refractivity contribution in [1.29, 1.82) is 0 Å². The number of phenolic OH excluding ortho intramolecular Hbond substituents is 1. The number of rotatable bonds is 3. The SMILES string of the molecule is COC(=O)c1cc(C2(C(=O)O)CCCC2)cc(F)c1O. The number of aliphatic carboxylic acids is 1. The Morgan fingerprint density at radius 2 is 1.90 bits per heavy atom. The number of methoxy groups -OCH3 is 1. The normalized spacial score (nSPS) is 16.9. The third-order valence-electron chi connectivity index (χ3n) is 3.89. The van der Waals surface area contributed by atoms with Crippen LogP contribution in [0.5, 0.6) is 5.75 Å². The number of ether oxygens (including phenoxy) is 1. The smallest absolute Gasteiger partial charge is 0.341 e. The van der Waals surface area contributed by atoms with Gasteiger partial charge in [-0.2, -0.15) is 0 Å². The summed E-state index contributed by atoms with van der Waals surface area (Å²) in [5.41, 5.74) is -1.36. The summed E-state index contributed by atoms with van der Waals surface area (Å²) in [4.78, 5) is 23.1. The second-order valence-electron chi connectivity index (χ2n) is 4.94. The first-order valence-electron chi connectivity index (χ1n) is 6.27. The molecule has 0 amide bonds. The molecule has 108 valence electrons. The van der Waals surface area contributed by atoms with Crippen LogP contribution in [0.3, 0.4) is 0 Å². The topological polar surface area (TPSA) is 83.8 Å². The number of phenols is 1. The van der Waals surface area contributed by atoms with E-state index in [2.05, 4.69) is 4.74 Å². The third-order valence-corrected chi connectivity index (χ3v) is 3.89. The summed E-state index contributed by atoms with van der Waals surface area (Å²) in [7, 11) is 1.11. The van der Waals surface area contributed by atoms with Crippen molar-refractivity contribution in [2.75, 3.05) is 7.11 Å². The van der Waals surface area contributed by atoms with E-state index in [1.165, 1.54) is 6.07 Å². The van der Waals surface area contributed by atoms with Crippen LogP contribution in [0.1, 0.15) is 41.6 Å². The molecule has 1 saturated carbocycles. The zero-order valence-corrected chi connectivity index (χ0v) is 11.0. The number of halogens is 1. The van der Waals surface area contributed by atoms with Crippen LogP contribution in [0, 0.1) is 5.82 Å². The predicted molar refractivity (Wildman–Crippen MR) is 67.2 cm³/mol. The van der Waals surface area contributed by atoms with Gasteiger partial charge in [-0.05, 0) is 30.5 Å². The first kappa shape index (κ1) is 14.3. The van der Waals surface area contributed by atoms with E-state index in [9.17, 15) is 24.2 Å². The zero-order valence-electron chi connectivity index (χ0n) is 11.0. The van der Waals surface area contributed by atoms with E-state index < -0.39 is 28.9 Å². The van der Waals surface area contributed by atoms with Gasteiger partial charge in [0.15, 0.2) is 11.6 Å². The Kier molecular flexibility index (Phi) is 3.65. The van der Waals surface area contributed by atoms with Crippen LogP contribution in [-0.4, -0.2) is 29.3 Å². The summed E-state index contributed by atoms with van der Waals surface area (Å²) in [5, 5.41) is 19.0. The Labute approximate surface area is 115 Å². The molecule has 0 heterocycles. The monoisotopic (exact) mass is 282 g/mol. The van der Waals surface area contributed by atoms with E-state index >= 15 is 0 Å². The van der Waals surface area contributed by atoms with Crippen molar-refractivity contribution in [2.45, 2.75) is 31.1 Å². The number of carbonyl (C=O) groups excluding carboxylic acids is 1. The maximum absolute atomic E-state index is 13.8. The molecule has 0 bridgehead atoms. The van der Waals surface area contributed by atoms with Crippen LogP contribution in [0.2, 0.25) is 0 Å². The minimum absolute atomic E-state index is 0.193. The van der Waals surface area contributed by atoms with Crippen LogP contribution in [0.25, 0.3) is 0 Å². The fourth-order valence-corrected chi connectivity index (χ4v) is 2.75. The first-order chi connectivity index (χ1) is 9.42. The highest BCUT2D eigenvalue weighted by Crippen LogP contribution is 2.43. The summed E-state index contributed by atoms with van der Waals surface area (Å²) in [6, 6.07) is 2.20. The Bertz CT molecular complexity index is 561. The molecule has 0 saturated heterocycles. The summed E-state index contributed by atoms with van der Waals surface area (Å²) in [6.45, 7) is 0. The van der Waals surface area contributed by atoms with E-state index in [0.29, 0.717) is 12.8 Å². The summed E-state index contributed by atoms with van der Waals surface area (Å²) in [5.74, 6) is -3.78. The summed E-state index contributed by atoms with van der Waals surface area (Å²) < 4.78 is 18.2. The van der Waals surface area contributed by atoms with Gasteiger partial charge in [0, 0.05) is 0 Å². The summed E-state index contributed by atoms with van der Waals surface area (Å²) in [6.07, 6.45) is 2.21. The van der Waals surface area contributed by atoms with Crippen LogP contribution in [0.4, 0.5) is 4.39 Å². The average molecular weight is 282 g/mol. The Balaban J connectivity index is 2.60. The van der Waals surface area contributed by atoms with E-state index in [0.717, 1.165) is 26.0 Å². The van der Waals surface area contributed by atoms with Crippen molar-refractivity contribution in [3.05, 3.63) is 29.1 Å². The number of carboxylic acids is 1. The van der Waals surface area contributed by atoms with Gasteiger partial charge in [-0.25, -0.2) is 9.18 Å². The second-order valence-corrected chi connectivity index (χ2v) is 4.94. The lowest BCUT2D eigenvalue weighted by Gasteiger charge is -2.25. The number of benzene rings is 1.